The van der Waals surface area contributed by atoms with Gasteiger partial charge < -0.3 is 78.6 Å². The van der Waals surface area contributed by atoms with E-state index in [1.807, 2.05) is 0 Å². The normalized spacial score (nSPS) is 16.8. The zero-order chi connectivity index (χ0) is 57.8. The molecule has 0 saturated carbocycles. The fraction of sp³-hybridized carbons (Fsp3) is 0.592. The summed E-state index contributed by atoms with van der Waals surface area (Å²) in [6.07, 6.45) is -0.0531. The lowest BCUT2D eigenvalue weighted by molar-refractivity contribution is -0.145. The Kier molecular flexibility index (Phi) is 25.3. The number of nitrogens with two attached hydrogens (primary N) is 1. The molecular weight excluding hydrogens is 1030 g/mol. The van der Waals surface area contributed by atoms with Gasteiger partial charge in [0.1, 0.15) is 54.4 Å². The molecule has 1 fully saturated rings. The minimum Gasteiger partial charge on any atom is -0.481 e. The number of nitrogens with zero attached hydrogens (tertiary/aromatic N) is 1. The van der Waals surface area contributed by atoms with Crippen LogP contribution in [0.25, 0.3) is 10.9 Å². The number of aromatic nitrogens is 1. The predicted octanol–water partition coefficient (Wildman–Crippen LogP) is -2.61. The molecule has 9 amide bonds. The Bertz CT molecular complexity index is 2470. The van der Waals surface area contributed by atoms with Crippen molar-refractivity contribution in [2.45, 2.75) is 153 Å². The number of likely N-dealkylation sites (tertiary alicyclic amines) is 1. The standard InChI is InChI=1S/C49H73N11O16S/c1-23(2)16-33(48(74)60-15-9-12-37(60)47(73)57-34(49(75)76)17-24(3)4)56-41(67)26(6)52-42(68)30(13-14-38(62)63)53-44(70)32(19-39(64)65)55-45(71)35(21-61)58-46(72)36(22-77)59-43(69)31(54-40(66)25(5)50)18-27-20-51-29-11-8-7-10-28(27)29/h7-8,10-11,20,23-26,30-37,51,61,77H,9,12-19,21-22,50H2,1-6H3,(H,52,68)(H,53,70)(H,54,66)(H,55,71)(H,56,67)(H,57,73)(H,58,72)(H,59,69)(H,62,63)(H,64,65)(H,75,76)/t25-,26-,30-,31-,32-,33-,34-,35-,36-,37-/m0/s1. The van der Waals surface area contributed by atoms with Crippen molar-refractivity contribution < 1.29 is 78.0 Å². The summed E-state index contributed by atoms with van der Waals surface area (Å²) in [4.78, 5) is 161. The lowest BCUT2D eigenvalue weighted by Gasteiger charge is -2.31. The van der Waals surface area contributed by atoms with Crippen LogP contribution in [0.1, 0.15) is 92.1 Å². The number of fused-ring (bicyclic) bond motifs is 1. The second-order valence-electron chi connectivity index (χ2n) is 19.7. The number of thiol groups is 1. The molecule has 2 aromatic rings. The Morgan fingerprint density at radius 3 is 1.77 bits per heavy atom. The van der Waals surface area contributed by atoms with Crippen molar-refractivity contribution >= 4 is 94.6 Å². The molecule has 1 aromatic heterocycles. The molecule has 426 valence electrons. The number of hydrogen-bond acceptors (Lipinski definition) is 15. The number of nitrogens with one attached hydrogen (secondary N) is 9. The van der Waals surface area contributed by atoms with Crippen molar-refractivity contribution in [3.05, 3.63) is 36.0 Å². The molecule has 1 aromatic carbocycles. The molecule has 28 heteroatoms. The Morgan fingerprint density at radius 2 is 1.18 bits per heavy atom. The van der Waals surface area contributed by atoms with E-state index in [0.717, 1.165) is 10.9 Å². The smallest absolute Gasteiger partial charge is 0.326 e. The Morgan fingerprint density at radius 1 is 0.649 bits per heavy atom. The Balaban J connectivity index is 1.74. The SMILES string of the molecule is CC(C)C[C@H](NC(=O)[C@@H]1CCCN1C(=O)[C@H](CC(C)C)NC(=O)[C@H](C)NC(=O)[C@H](CCC(=O)O)NC(=O)[C@H](CC(=O)O)NC(=O)[C@H](CO)NC(=O)[C@H](CS)NC(=O)[C@H](Cc1c[nH]c2ccccc12)NC(=O)[C@H](C)N)C(=O)O. The highest BCUT2D eigenvalue weighted by atomic mass is 32.1. The van der Waals surface area contributed by atoms with Gasteiger partial charge in [0.2, 0.25) is 53.2 Å². The second kappa shape index (κ2) is 30.4. The monoisotopic (exact) mass is 1100 g/mol. The molecule has 1 aliphatic rings. The van der Waals surface area contributed by atoms with Gasteiger partial charge in [-0.3, -0.25) is 52.7 Å². The van der Waals surface area contributed by atoms with Crippen LogP contribution in [-0.4, -0.2) is 181 Å². The molecule has 1 saturated heterocycles. The van der Waals surface area contributed by atoms with Crippen LogP contribution in [0, 0.1) is 11.8 Å². The van der Waals surface area contributed by atoms with Crippen LogP contribution in [-0.2, 0) is 64.0 Å². The first-order valence-electron chi connectivity index (χ1n) is 25.1. The van der Waals surface area contributed by atoms with Crippen molar-refractivity contribution in [2.75, 3.05) is 18.9 Å². The lowest BCUT2D eigenvalue weighted by atomic mass is 10.0. The van der Waals surface area contributed by atoms with Gasteiger partial charge in [0.05, 0.1) is 19.1 Å². The molecule has 2 heterocycles. The summed E-state index contributed by atoms with van der Waals surface area (Å²) >= 11 is 4.15. The van der Waals surface area contributed by atoms with Gasteiger partial charge in [0.15, 0.2) is 0 Å². The molecule has 10 atom stereocenters. The average Bonchev–Trinajstić information content (AvgIpc) is 4.02. The third-order valence-electron chi connectivity index (χ3n) is 12.3. The first kappa shape index (κ1) is 64.0. The fourth-order valence-electron chi connectivity index (χ4n) is 8.26. The summed E-state index contributed by atoms with van der Waals surface area (Å²) in [5.41, 5.74) is 7.13. The van der Waals surface area contributed by atoms with Crippen LogP contribution in [0.5, 0.6) is 0 Å². The van der Waals surface area contributed by atoms with Crippen LogP contribution in [0.2, 0.25) is 0 Å². The number of carbonyl (C=O) groups is 12. The third-order valence-corrected chi connectivity index (χ3v) is 12.7. The third kappa shape index (κ3) is 20.0. The summed E-state index contributed by atoms with van der Waals surface area (Å²) in [5.74, 6) is -13.6. The van der Waals surface area contributed by atoms with Crippen LogP contribution >= 0.6 is 12.6 Å². The van der Waals surface area contributed by atoms with E-state index in [1.54, 1.807) is 58.2 Å². The van der Waals surface area contributed by atoms with E-state index in [4.69, 9.17) is 5.73 Å². The van der Waals surface area contributed by atoms with Crippen LogP contribution < -0.4 is 48.3 Å². The number of amides is 9. The molecule has 15 N–H and O–H groups in total. The van der Waals surface area contributed by atoms with Gasteiger partial charge in [-0.15, -0.1) is 0 Å². The van der Waals surface area contributed by atoms with Crippen LogP contribution in [0.4, 0.5) is 0 Å². The molecule has 77 heavy (non-hydrogen) atoms. The highest BCUT2D eigenvalue weighted by Crippen LogP contribution is 2.22. The van der Waals surface area contributed by atoms with Crippen molar-refractivity contribution in [3.63, 3.8) is 0 Å². The Hall–Kier alpha value is -7.33. The molecule has 0 aliphatic carbocycles. The first-order valence-corrected chi connectivity index (χ1v) is 25.7. The number of aliphatic carboxylic acids is 3. The number of carboxylic acids is 3. The predicted molar refractivity (Wildman–Crippen MR) is 278 cm³/mol. The zero-order valence-electron chi connectivity index (χ0n) is 43.8. The van der Waals surface area contributed by atoms with Crippen molar-refractivity contribution in [1.82, 2.24) is 52.4 Å². The molecule has 1 aliphatic heterocycles. The van der Waals surface area contributed by atoms with Gasteiger partial charge in [-0.05, 0) is 69.4 Å². The van der Waals surface area contributed by atoms with Crippen LogP contribution in [0.15, 0.2) is 30.5 Å². The number of H-pyrrole nitrogens is 1. The van der Waals surface area contributed by atoms with E-state index < -0.39 is 157 Å². The zero-order valence-corrected chi connectivity index (χ0v) is 44.6. The number of para-hydroxylation sites is 1. The molecule has 3 rings (SSSR count). The van der Waals surface area contributed by atoms with E-state index in [-0.39, 0.29) is 49.8 Å². The van der Waals surface area contributed by atoms with E-state index in [1.165, 1.54) is 18.7 Å². The molecule has 0 unspecified atom stereocenters. The quantitative estimate of drug-likeness (QED) is 0.0344. The summed E-state index contributed by atoms with van der Waals surface area (Å²) in [6, 6.07) is -7.27. The van der Waals surface area contributed by atoms with Gasteiger partial charge in [0.25, 0.3) is 0 Å². The molecule has 0 radical (unpaired) electrons. The maximum Gasteiger partial charge on any atom is 0.326 e. The average molecular weight is 1100 g/mol. The van der Waals surface area contributed by atoms with Crippen molar-refractivity contribution in [3.8, 4) is 0 Å². The fourth-order valence-corrected chi connectivity index (χ4v) is 8.52. The number of aromatic amines is 1. The van der Waals surface area contributed by atoms with E-state index in [2.05, 4.69) is 60.1 Å². The number of hydrogen-bond donors (Lipinski definition) is 15. The summed E-state index contributed by atoms with van der Waals surface area (Å²) < 4.78 is 0. The van der Waals surface area contributed by atoms with Gasteiger partial charge in [0, 0.05) is 42.2 Å². The Labute approximate surface area is 449 Å². The second-order valence-corrected chi connectivity index (χ2v) is 20.1. The molecule has 0 spiro atoms. The maximum atomic E-state index is 14.0. The number of carboxylic acid groups (broad SMARTS) is 3. The molecular formula is C49H73N11O16S. The maximum absolute atomic E-state index is 14.0. The molecule has 0 bridgehead atoms. The largest absolute Gasteiger partial charge is 0.481 e. The number of aliphatic hydroxyl groups excluding tert-OH is 1. The molecule has 27 nitrogen and oxygen atoms in total. The minimum absolute atomic E-state index is 0.0548. The van der Waals surface area contributed by atoms with Gasteiger partial charge in [-0.1, -0.05) is 45.9 Å². The number of rotatable bonds is 31. The summed E-state index contributed by atoms with van der Waals surface area (Å²) in [6.45, 7) is 8.73. The lowest BCUT2D eigenvalue weighted by Crippen LogP contribution is -2.61. The highest BCUT2D eigenvalue weighted by Gasteiger charge is 2.40. The highest BCUT2D eigenvalue weighted by molar-refractivity contribution is 7.80. The number of aliphatic hydroxyl groups is 1. The van der Waals surface area contributed by atoms with Crippen LogP contribution in [0.3, 0.4) is 0 Å². The van der Waals surface area contributed by atoms with E-state index in [9.17, 15) is 78.0 Å². The number of benzene rings is 1. The van der Waals surface area contributed by atoms with Crippen molar-refractivity contribution in [2.24, 2.45) is 17.6 Å². The summed E-state index contributed by atoms with van der Waals surface area (Å²) in [7, 11) is 0. The van der Waals surface area contributed by atoms with Gasteiger partial charge in [-0.2, -0.15) is 12.6 Å². The topological polar surface area (TPSA) is 427 Å². The van der Waals surface area contributed by atoms with E-state index in [0.29, 0.717) is 12.0 Å². The minimum atomic E-state index is -2.03. The van der Waals surface area contributed by atoms with Gasteiger partial charge in [-0.25, -0.2) is 4.79 Å². The van der Waals surface area contributed by atoms with Crippen molar-refractivity contribution in [1.29, 1.82) is 0 Å². The van der Waals surface area contributed by atoms with Gasteiger partial charge >= 0.3 is 17.9 Å². The number of carbonyl (C=O) groups excluding carboxylic acids is 9. The first-order chi connectivity index (χ1) is 36.2. The van der Waals surface area contributed by atoms with E-state index >= 15 is 0 Å². The summed E-state index contributed by atoms with van der Waals surface area (Å²) in [5, 5.41) is 58.7.